The van der Waals surface area contributed by atoms with Crippen molar-refractivity contribution in [3.63, 3.8) is 0 Å². The fraction of sp³-hybridized carbons (Fsp3) is 0.857. The molecule has 0 heterocycles. The first-order valence-electron chi connectivity index (χ1n) is 6.54. The molecule has 0 amide bonds. The number of hydrogen-bond donors (Lipinski definition) is 1. The van der Waals surface area contributed by atoms with Crippen LogP contribution in [0.15, 0.2) is 12.7 Å². The third-order valence-electron chi connectivity index (χ3n) is 3.09. The maximum absolute atomic E-state index is 10.3. The molecule has 1 N–H and O–H groups in total. The molecule has 0 aromatic heterocycles. The average molecular weight is 276 g/mol. The van der Waals surface area contributed by atoms with E-state index in [0.717, 1.165) is 0 Å². The van der Waals surface area contributed by atoms with Crippen molar-refractivity contribution in [2.24, 2.45) is 11.8 Å². The van der Waals surface area contributed by atoms with E-state index in [1.54, 1.807) is 20.3 Å². The van der Waals surface area contributed by atoms with Gasteiger partial charge in [0.1, 0.15) is 13.6 Å². The largest absolute Gasteiger partial charge is 0.392 e. The van der Waals surface area contributed by atoms with Crippen LogP contribution in [0.2, 0.25) is 0 Å². The monoisotopic (exact) mass is 276 g/mol. The molecule has 0 fully saturated rings. The zero-order valence-corrected chi connectivity index (χ0v) is 12.5. The lowest BCUT2D eigenvalue weighted by Crippen LogP contribution is -2.37. The second-order valence-electron chi connectivity index (χ2n) is 4.74. The molecule has 0 rings (SSSR count). The van der Waals surface area contributed by atoms with Gasteiger partial charge < -0.3 is 24.1 Å². The zero-order chi connectivity index (χ0) is 14.7. The Kier molecular flexibility index (Phi) is 11.1. The van der Waals surface area contributed by atoms with Gasteiger partial charge >= 0.3 is 0 Å². The summed E-state index contributed by atoms with van der Waals surface area (Å²) in [4.78, 5) is 0. The molecule has 4 atom stereocenters. The van der Waals surface area contributed by atoms with Gasteiger partial charge in [0.2, 0.25) is 0 Å². The molecule has 0 aromatic rings. The fourth-order valence-electron chi connectivity index (χ4n) is 1.91. The van der Waals surface area contributed by atoms with Crippen LogP contribution >= 0.6 is 0 Å². The van der Waals surface area contributed by atoms with E-state index in [9.17, 15) is 5.11 Å². The summed E-state index contributed by atoms with van der Waals surface area (Å²) in [5, 5.41) is 10.3. The van der Waals surface area contributed by atoms with E-state index in [-0.39, 0.29) is 31.5 Å². The van der Waals surface area contributed by atoms with Gasteiger partial charge in [-0.05, 0) is 6.42 Å². The number of ether oxygens (including phenoxy) is 4. The van der Waals surface area contributed by atoms with E-state index in [1.807, 2.05) is 13.8 Å². The second-order valence-corrected chi connectivity index (χ2v) is 4.74. The topological polar surface area (TPSA) is 57.2 Å². The van der Waals surface area contributed by atoms with Gasteiger partial charge in [0, 0.05) is 26.1 Å². The highest BCUT2D eigenvalue weighted by atomic mass is 16.7. The molecule has 1 unspecified atom stereocenters. The van der Waals surface area contributed by atoms with Crippen molar-refractivity contribution >= 4 is 0 Å². The molecule has 0 saturated heterocycles. The third kappa shape index (κ3) is 7.64. The Hall–Kier alpha value is -0.460. The quantitative estimate of drug-likeness (QED) is 0.335. The fourth-order valence-corrected chi connectivity index (χ4v) is 1.91. The molecule has 0 saturated carbocycles. The predicted octanol–water partition coefficient (Wildman–Crippen LogP) is 1.81. The maximum Gasteiger partial charge on any atom is 0.146 e. The molecular formula is C14H28O5. The predicted molar refractivity (Wildman–Crippen MR) is 73.7 cm³/mol. The summed E-state index contributed by atoms with van der Waals surface area (Å²) >= 11 is 0. The van der Waals surface area contributed by atoms with Gasteiger partial charge in [0.25, 0.3) is 0 Å². The summed E-state index contributed by atoms with van der Waals surface area (Å²) in [7, 11) is 3.15. The molecule has 0 aliphatic carbocycles. The maximum atomic E-state index is 10.3. The minimum Gasteiger partial charge on any atom is -0.392 e. The normalized spacial score (nSPS) is 17.7. The number of methoxy groups -OCH3 is 2. The molecule has 0 aliphatic heterocycles. The minimum atomic E-state index is -0.515. The Bertz CT molecular complexity index is 222. The molecule has 19 heavy (non-hydrogen) atoms. The SMILES string of the molecule is C=CC[C@@H](OCOC)[C@H](C)[C@H](O)C(C)COCOC. The molecule has 114 valence electrons. The van der Waals surface area contributed by atoms with Crippen LogP contribution in [0.5, 0.6) is 0 Å². The van der Waals surface area contributed by atoms with Crippen LogP contribution in [0.4, 0.5) is 0 Å². The van der Waals surface area contributed by atoms with E-state index < -0.39 is 6.10 Å². The second kappa shape index (κ2) is 11.4. The summed E-state index contributed by atoms with van der Waals surface area (Å²) in [6, 6.07) is 0. The van der Waals surface area contributed by atoms with E-state index in [2.05, 4.69) is 6.58 Å². The molecule has 0 radical (unpaired) electrons. The summed E-state index contributed by atoms with van der Waals surface area (Å²) < 4.78 is 20.6. The van der Waals surface area contributed by atoms with Gasteiger partial charge in [-0.25, -0.2) is 0 Å². The highest BCUT2D eigenvalue weighted by Gasteiger charge is 2.28. The Morgan fingerprint density at radius 3 is 2.32 bits per heavy atom. The van der Waals surface area contributed by atoms with E-state index >= 15 is 0 Å². The zero-order valence-electron chi connectivity index (χ0n) is 12.5. The standard InChI is InChI=1S/C14H28O5/c1-6-7-13(19-10-17-5)12(3)14(15)11(2)8-18-9-16-4/h6,11-15H,1,7-10H2,2-5H3/t11?,12-,13+,14+/m0/s1. The van der Waals surface area contributed by atoms with Crippen LogP contribution in [0.25, 0.3) is 0 Å². The summed E-state index contributed by atoms with van der Waals surface area (Å²) in [5.74, 6) is -0.0297. The molecular weight excluding hydrogens is 248 g/mol. The Labute approximate surface area is 116 Å². The molecule has 0 spiro atoms. The van der Waals surface area contributed by atoms with Crippen LogP contribution < -0.4 is 0 Å². The van der Waals surface area contributed by atoms with Crippen molar-refractivity contribution in [3.8, 4) is 0 Å². The Morgan fingerprint density at radius 2 is 1.79 bits per heavy atom. The van der Waals surface area contributed by atoms with Gasteiger partial charge in [-0.1, -0.05) is 19.9 Å². The van der Waals surface area contributed by atoms with Crippen molar-refractivity contribution in [2.45, 2.75) is 32.5 Å². The smallest absolute Gasteiger partial charge is 0.146 e. The van der Waals surface area contributed by atoms with E-state index in [1.165, 1.54) is 0 Å². The van der Waals surface area contributed by atoms with Crippen LogP contribution in [-0.4, -0.2) is 51.7 Å². The van der Waals surface area contributed by atoms with Gasteiger partial charge in [0.15, 0.2) is 0 Å². The molecule has 5 nitrogen and oxygen atoms in total. The first kappa shape index (κ1) is 18.5. The third-order valence-corrected chi connectivity index (χ3v) is 3.09. The molecule has 0 aliphatic rings. The number of aliphatic hydroxyl groups excluding tert-OH is 1. The lowest BCUT2D eigenvalue weighted by molar-refractivity contribution is -0.119. The van der Waals surface area contributed by atoms with E-state index in [0.29, 0.717) is 13.0 Å². The van der Waals surface area contributed by atoms with Crippen LogP contribution in [0, 0.1) is 11.8 Å². The van der Waals surface area contributed by atoms with Crippen LogP contribution in [0.1, 0.15) is 20.3 Å². The van der Waals surface area contributed by atoms with Gasteiger partial charge in [-0.2, -0.15) is 0 Å². The number of aliphatic hydroxyl groups is 1. The summed E-state index contributed by atoms with van der Waals surface area (Å²) in [5.41, 5.74) is 0. The average Bonchev–Trinajstić information content (AvgIpc) is 2.42. The Balaban J connectivity index is 4.29. The van der Waals surface area contributed by atoms with Crippen molar-refractivity contribution in [1.82, 2.24) is 0 Å². The Morgan fingerprint density at radius 1 is 1.16 bits per heavy atom. The van der Waals surface area contributed by atoms with Crippen LogP contribution in [0.3, 0.4) is 0 Å². The molecule has 5 heteroatoms. The highest BCUT2D eigenvalue weighted by Crippen LogP contribution is 2.21. The number of rotatable bonds is 12. The van der Waals surface area contributed by atoms with Crippen molar-refractivity contribution in [1.29, 1.82) is 0 Å². The summed E-state index contributed by atoms with van der Waals surface area (Å²) in [6.07, 6.45) is 1.83. The van der Waals surface area contributed by atoms with E-state index in [4.69, 9.17) is 18.9 Å². The number of hydrogen-bond acceptors (Lipinski definition) is 5. The first-order valence-corrected chi connectivity index (χ1v) is 6.54. The summed E-state index contributed by atoms with van der Waals surface area (Å²) in [6.45, 7) is 8.51. The lowest BCUT2D eigenvalue weighted by Gasteiger charge is -2.30. The van der Waals surface area contributed by atoms with Crippen molar-refractivity contribution < 1.29 is 24.1 Å². The van der Waals surface area contributed by atoms with Crippen LogP contribution in [-0.2, 0) is 18.9 Å². The molecule has 0 aromatic carbocycles. The van der Waals surface area contributed by atoms with Gasteiger partial charge in [-0.3, -0.25) is 0 Å². The first-order chi connectivity index (χ1) is 9.08. The van der Waals surface area contributed by atoms with Gasteiger partial charge in [0.05, 0.1) is 18.8 Å². The van der Waals surface area contributed by atoms with Crippen molar-refractivity contribution in [3.05, 3.63) is 12.7 Å². The molecule has 0 bridgehead atoms. The minimum absolute atomic E-state index is 0.00334. The van der Waals surface area contributed by atoms with Crippen molar-refractivity contribution in [2.75, 3.05) is 34.4 Å². The lowest BCUT2D eigenvalue weighted by atomic mass is 9.88. The highest BCUT2D eigenvalue weighted by molar-refractivity contribution is 4.82. The van der Waals surface area contributed by atoms with Gasteiger partial charge in [-0.15, -0.1) is 6.58 Å².